The Labute approximate surface area is 246 Å². The Hall–Kier alpha value is -3.17. The van der Waals surface area contributed by atoms with Crippen LogP contribution in [0.3, 0.4) is 0 Å². The molecule has 4 fully saturated rings. The normalized spacial score (nSPS) is 33.5. The van der Waals surface area contributed by atoms with E-state index < -0.39 is 30.1 Å². The topological polar surface area (TPSA) is 125 Å². The van der Waals surface area contributed by atoms with Crippen LogP contribution in [-0.4, -0.2) is 78.3 Å². The lowest BCUT2D eigenvalue weighted by Gasteiger charge is -2.58. The fourth-order valence-corrected chi connectivity index (χ4v) is 9.06. The van der Waals surface area contributed by atoms with Crippen molar-refractivity contribution < 1.29 is 34.1 Å². The molecule has 6 aliphatic rings. The number of aliphatic hydroxyl groups excluding tert-OH is 2. The van der Waals surface area contributed by atoms with Crippen LogP contribution in [0, 0.1) is 23.2 Å². The molecule has 9 heteroatoms. The van der Waals surface area contributed by atoms with E-state index in [1.165, 1.54) is 26.4 Å². The van der Waals surface area contributed by atoms with Crippen LogP contribution < -0.4 is 14.8 Å². The van der Waals surface area contributed by atoms with Crippen LogP contribution >= 0.6 is 0 Å². The number of hydrogen-bond acceptors (Lipinski definition) is 7. The lowest BCUT2D eigenvalue weighted by atomic mass is 9.49. The Morgan fingerprint density at radius 3 is 2.38 bits per heavy atom. The van der Waals surface area contributed by atoms with Gasteiger partial charge in [0.25, 0.3) is 0 Å². The summed E-state index contributed by atoms with van der Waals surface area (Å²) in [6.45, 7) is 4.11. The van der Waals surface area contributed by atoms with E-state index in [0.29, 0.717) is 58.8 Å². The molecule has 0 radical (unpaired) electrons. The van der Waals surface area contributed by atoms with Crippen LogP contribution in [0.4, 0.5) is 0 Å². The summed E-state index contributed by atoms with van der Waals surface area (Å²) in [7, 11) is 1.48. The number of nitrogens with zero attached hydrogens (tertiary/aromatic N) is 1. The van der Waals surface area contributed by atoms with Crippen LogP contribution in [0.5, 0.6) is 11.5 Å². The number of methoxy groups -OCH3 is 1. The van der Waals surface area contributed by atoms with Gasteiger partial charge in [0.1, 0.15) is 18.5 Å². The van der Waals surface area contributed by atoms with E-state index in [9.17, 15) is 24.6 Å². The summed E-state index contributed by atoms with van der Waals surface area (Å²) in [4.78, 5) is 41.1. The predicted octanol–water partition coefficient (Wildman–Crippen LogP) is 3.14. The molecular weight excluding hydrogens is 536 g/mol. The van der Waals surface area contributed by atoms with Crippen molar-refractivity contribution in [2.45, 2.75) is 76.5 Å². The number of hydrogen-bond donors (Lipinski definition) is 3. The number of amides is 2. The van der Waals surface area contributed by atoms with E-state index in [4.69, 9.17) is 9.47 Å². The molecule has 0 aromatic heterocycles. The van der Waals surface area contributed by atoms with Crippen molar-refractivity contribution >= 4 is 18.1 Å². The highest BCUT2D eigenvalue weighted by molar-refractivity contribution is 5.97. The van der Waals surface area contributed by atoms with Gasteiger partial charge in [0.2, 0.25) is 11.8 Å². The number of rotatable bonds is 9. The maximum absolute atomic E-state index is 13.9. The van der Waals surface area contributed by atoms with Gasteiger partial charge < -0.3 is 29.9 Å². The molecule has 1 aliphatic heterocycles. The second-order valence-corrected chi connectivity index (χ2v) is 13.5. The van der Waals surface area contributed by atoms with Gasteiger partial charge >= 0.3 is 0 Å². The van der Waals surface area contributed by atoms with Gasteiger partial charge in [-0.3, -0.25) is 14.4 Å². The number of fused-ring (bicyclic) bond motifs is 3. The number of allylic oxidation sites excluding steroid dienone is 1. The first-order valence-corrected chi connectivity index (χ1v) is 15.2. The van der Waals surface area contributed by atoms with Gasteiger partial charge in [0.15, 0.2) is 11.5 Å². The van der Waals surface area contributed by atoms with Crippen LogP contribution in [0.2, 0.25) is 0 Å². The monoisotopic (exact) mass is 578 g/mol. The van der Waals surface area contributed by atoms with Crippen LogP contribution in [-0.2, 0) is 9.59 Å². The van der Waals surface area contributed by atoms with Gasteiger partial charge in [-0.25, -0.2) is 0 Å². The van der Waals surface area contributed by atoms with Crippen LogP contribution in [0.15, 0.2) is 35.4 Å². The molecular formula is C33H42N2O7. The van der Waals surface area contributed by atoms with Crippen molar-refractivity contribution in [1.82, 2.24) is 10.2 Å². The third kappa shape index (κ3) is 5.04. The second kappa shape index (κ2) is 11.2. The molecule has 7 rings (SSSR count). The Bertz CT molecular complexity index is 1290. The molecule has 42 heavy (non-hydrogen) atoms. The summed E-state index contributed by atoms with van der Waals surface area (Å²) < 4.78 is 11.9. The van der Waals surface area contributed by atoms with Crippen molar-refractivity contribution in [2.24, 2.45) is 23.2 Å². The molecule has 0 saturated heterocycles. The molecule has 5 aliphatic carbocycles. The van der Waals surface area contributed by atoms with Gasteiger partial charge in [0, 0.05) is 35.9 Å². The van der Waals surface area contributed by atoms with Gasteiger partial charge in [0.05, 0.1) is 25.7 Å². The molecule has 1 heterocycles. The molecule has 1 aromatic rings. The zero-order chi connectivity index (χ0) is 29.8. The highest BCUT2D eigenvalue weighted by Gasteiger charge is 2.55. The largest absolute Gasteiger partial charge is 0.493 e. The fourth-order valence-electron chi connectivity index (χ4n) is 9.06. The first-order chi connectivity index (χ1) is 20.1. The lowest BCUT2D eigenvalue weighted by molar-refractivity contribution is -0.140. The van der Waals surface area contributed by atoms with Gasteiger partial charge in [-0.2, -0.15) is 0 Å². The summed E-state index contributed by atoms with van der Waals surface area (Å²) in [6, 6.07) is 2.43. The summed E-state index contributed by atoms with van der Waals surface area (Å²) in [5.41, 5.74) is 2.15. The minimum Gasteiger partial charge on any atom is -0.493 e. The van der Waals surface area contributed by atoms with E-state index in [2.05, 4.69) is 5.32 Å². The minimum absolute atomic E-state index is 0.00515. The Balaban J connectivity index is 1.43. The van der Waals surface area contributed by atoms with E-state index in [0.717, 1.165) is 24.8 Å². The van der Waals surface area contributed by atoms with E-state index in [1.54, 1.807) is 29.2 Å². The van der Waals surface area contributed by atoms with Crippen molar-refractivity contribution in [2.75, 3.05) is 26.8 Å². The predicted molar refractivity (Wildman–Crippen MR) is 155 cm³/mol. The standard InChI is InChI=1S/C33H42N2O7/c1-18(2)6-27(38)35(17-33-13-19-7-20(14-33)9-21(8-19)15-33)25-12-24(32(40)34-4-5-36)28-23-10-22(16-37)11-26(41-3)30(23)42-31(28)29(25)39/h6,10-12,16,19-21,25,28-29,31,36,39H,4-5,7-9,13-15,17H2,1-3H3,(H,34,40). The van der Waals surface area contributed by atoms with Crippen LogP contribution in [0.1, 0.15) is 74.2 Å². The average Bonchev–Trinajstić information content (AvgIpc) is 3.33. The number of aldehydes is 1. The number of carbonyl (C=O) groups is 3. The van der Waals surface area contributed by atoms with Crippen molar-refractivity contribution in [1.29, 1.82) is 0 Å². The molecule has 1 aromatic carbocycles. The first-order valence-electron chi connectivity index (χ1n) is 15.2. The van der Waals surface area contributed by atoms with Crippen molar-refractivity contribution in [3.8, 4) is 11.5 Å². The van der Waals surface area contributed by atoms with Crippen molar-refractivity contribution in [3.05, 3.63) is 46.6 Å². The molecule has 3 N–H and O–H groups in total. The Kier molecular flexibility index (Phi) is 7.68. The lowest BCUT2D eigenvalue weighted by Crippen LogP contribution is -2.59. The fraction of sp³-hybridized carbons (Fsp3) is 0.606. The molecule has 0 spiro atoms. The number of benzene rings is 1. The molecule has 226 valence electrons. The smallest absolute Gasteiger partial charge is 0.247 e. The molecule has 4 atom stereocenters. The number of ether oxygens (including phenoxy) is 2. The van der Waals surface area contributed by atoms with Gasteiger partial charge in [-0.15, -0.1) is 0 Å². The first kappa shape index (κ1) is 28.9. The summed E-state index contributed by atoms with van der Waals surface area (Å²) in [6.07, 6.45) is 9.14. The molecule has 9 nitrogen and oxygen atoms in total. The maximum atomic E-state index is 13.9. The van der Waals surface area contributed by atoms with E-state index in [1.807, 2.05) is 13.8 Å². The highest BCUT2D eigenvalue weighted by atomic mass is 16.5. The number of nitrogens with one attached hydrogen (secondary N) is 1. The van der Waals surface area contributed by atoms with Gasteiger partial charge in [-0.05, 0) is 93.7 Å². The van der Waals surface area contributed by atoms with Crippen molar-refractivity contribution in [3.63, 3.8) is 0 Å². The quantitative estimate of drug-likeness (QED) is 0.304. The zero-order valence-corrected chi connectivity index (χ0v) is 24.7. The summed E-state index contributed by atoms with van der Waals surface area (Å²) in [5.74, 6) is 1.53. The van der Waals surface area contributed by atoms with E-state index in [-0.39, 0.29) is 24.5 Å². The Morgan fingerprint density at radius 2 is 1.81 bits per heavy atom. The summed E-state index contributed by atoms with van der Waals surface area (Å²) >= 11 is 0. The maximum Gasteiger partial charge on any atom is 0.247 e. The van der Waals surface area contributed by atoms with E-state index >= 15 is 0 Å². The minimum atomic E-state index is -1.13. The number of carbonyl (C=O) groups excluding carboxylic acids is 3. The highest BCUT2D eigenvalue weighted by Crippen LogP contribution is 2.60. The third-order valence-electron chi connectivity index (χ3n) is 10.1. The van der Waals surface area contributed by atoms with Crippen LogP contribution in [0.25, 0.3) is 0 Å². The molecule has 4 saturated carbocycles. The molecule has 2 amide bonds. The Morgan fingerprint density at radius 1 is 1.14 bits per heavy atom. The zero-order valence-electron chi connectivity index (χ0n) is 24.7. The van der Waals surface area contributed by atoms with Gasteiger partial charge in [-0.1, -0.05) is 5.57 Å². The number of aliphatic hydroxyl groups is 2. The second-order valence-electron chi connectivity index (χ2n) is 13.5. The third-order valence-corrected chi connectivity index (χ3v) is 10.1. The SMILES string of the molecule is COc1cc(C=O)cc2c1OC1C2C(C(=O)NCCO)=CC(N(CC23CC4CC(CC(C4)C2)C3)C(=O)C=C(C)C)C1O. The molecule has 4 unspecified atom stereocenters. The summed E-state index contributed by atoms with van der Waals surface area (Å²) in [5, 5.41) is 24.1. The average molecular weight is 579 g/mol. The molecule has 4 bridgehead atoms.